The fraction of sp³-hybridized carbons (Fsp3) is 0.364. The van der Waals surface area contributed by atoms with Gasteiger partial charge in [0.05, 0.1) is 28.8 Å². The molecule has 1 heterocycles. The maximum absolute atomic E-state index is 12.7. The summed E-state index contributed by atoms with van der Waals surface area (Å²) in [5.41, 5.74) is 0.976. The third kappa shape index (κ3) is 6.45. The topological polar surface area (TPSA) is 73.9 Å². The summed E-state index contributed by atoms with van der Waals surface area (Å²) in [6.07, 6.45) is 3.12. The van der Waals surface area contributed by atoms with E-state index < -0.39 is 17.9 Å². The molecule has 2 aromatic rings. The fourth-order valence-electron chi connectivity index (χ4n) is 2.99. The molecule has 0 bridgehead atoms. The molecule has 2 aromatic carbocycles. The van der Waals surface area contributed by atoms with E-state index in [0.29, 0.717) is 58.1 Å². The Labute approximate surface area is 195 Å². The van der Waals surface area contributed by atoms with Crippen molar-refractivity contribution < 1.29 is 23.8 Å². The molecule has 3 rings (SSSR count). The molecule has 0 saturated heterocycles. The molecule has 0 fully saturated rings. The normalized spacial score (nSPS) is 13.8. The summed E-state index contributed by atoms with van der Waals surface area (Å²) in [5.74, 6) is 0.754. The van der Waals surface area contributed by atoms with Crippen molar-refractivity contribution in [1.82, 2.24) is 5.32 Å². The highest BCUT2D eigenvalue weighted by molar-refractivity contribution is 7.98. The lowest BCUT2D eigenvalue weighted by Crippen LogP contribution is -2.42. The summed E-state index contributed by atoms with van der Waals surface area (Å²) in [7, 11) is 0. The minimum absolute atomic E-state index is 0.00702. The van der Waals surface area contributed by atoms with Crippen LogP contribution in [0.4, 0.5) is 0 Å². The lowest BCUT2D eigenvalue weighted by molar-refractivity contribution is -0.147. The molecule has 1 N–H and O–H groups in total. The SMILES string of the molecule is CSCC[C@@H](NC(=O)c1ccccc1Cl)C(=O)OCc1cc(Cl)c2c(c1)OCCCO2. The van der Waals surface area contributed by atoms with Gasteiger partial charge in [-0.2, -0.15) is 11.8 Å². The third-order valence-electron chi connectivity index (χ3n) is 4.56. The number of fused-ring (bicyclic) bond motifs is 1. The average molecular weight is 484 g/mol. The molecule has 6 nitrogen and oxygen atoms in total. The smallest absolute Gasteiger partial charge is 0.329 e. The first-order valence-electron chi connectivity index (χ1n) is 9.78. The molecule has 0 radical (unpaired) electrons. The van der Waals surface area contributed by atoms with Gasteiger partial charge in [-0.25, -0.2) is 4.79 Å². The van der Waals surface area contributed by atoms with Gasteiger partial charge in [-0.3, -0.25) is 4.79 Å². The van der Waals surface area contributed by atoms with Crippen LogP contribution in [0.25, 0.3) is 0 Å². The minimum Gasteiger partial charge on any atom is -0.489 e. The van der Waals surface area contributed by atoms with Gasteiger partial charge in [0.1, 0.15) is 12.6 Å². The fourth-order valence-corrected chi connectivity index (χ4v) is 3.97. The Hall–Kier alpha value is -2.09. The largest absolute Gasteiger partial charge is 0.489 e. The van der Waals surface area contributed by atoms with E-state index in [1.807, 2.05) is 6.26 Å². The first-order chi connectivity index (χ1) is 15.0. The molecule has 9 heteroatoms. The number of thioether (sulfide) groups is 1. The molecule has 0 spiro atoms. The van der Waals surface area contributed by atoms with Crippen LogP contribution in [0.15, 0.2) is 36.4 Å². The van der Waals surface area contributed by atoms with E-state index >= 15 is 0 Å². The number of esters is 1. The molecular weight excluding hydrogens is 461 g/mol. The zero-order valence-corrected chi connectivity index (χ0v) is 19.3. The number of benzene rings is 2. The van der Waals surface area contributed by atoms with Gasteiger partial charge in [0, 0.05) is 6.42 Å². The number of nitrogens with one attached hydrogen (secondary N) is 1. The summed E-state index contributed by atoms with van der Waals surface area (Å²) in [5, 5.41) is 3.45. The van der Waals surface area contributed by atoms with Crippen LogP contribution in [0.3, 0.4) is 0 Å². The second-order valence-electron chi connectivity index (χ2n) is 6.85. The van der Waals surface area contributed by atoms with E-state index in [2.05, 4.69) is 5.32 Å². The Kier molecular flexibility index (Phi) is 8.75. The monoisotopic (exact) mass is 483 g/mol. The Balaban J connectivity index is 1.67. The van der Waals surface area contributed by atoms with Crippen LogP contribution in [-0.2, 0) is 16.1 Å². The predicted octanol–water partition coefficient (Wildman–Crippen LogP) is 4.75. The van der Waals surface area contributed by atoms with Crippen molar-refractivity contribution in [3.05, 3.63) is 57.6 Å². The molecule has 0 aromatic heterocycles. The van der Waals surface area contributed by atoms with Crippen LogP contribution in [0.2, 0.25) is 10.0 Å². The van der Waals surface area contributed by atoms with Crippen molar-refractivity contribution in [2.75, 3.05) is 25.2 Å². The highest BCUT2D eigenvalue weighted by Gasteiger charge is 2.24. The maximum atomic E-state index is 12.7. The van der Waals surface area contributed by atoms with Gasteiger partial charge in [-0.05, 0) is 48.3 Å². The van der Waals surface area contributed by atoms with E-state index in [-0.39, 0.29) is 6.61 Å². The molecule has 1 amide bonds. The standard InChI is InChI=1S/C22H23Cl2NO5S/c1-31-10-7-18(25-21(26)15-5-2-3-6-16(15)23)22(27)30-13-14-11-17(24)20-19(12-14)28-8-4-9-29-20/h2-3,5-6,11-12,18H,4,7-10,13H2,1H3,(H,25,26)/t18-/m1/s1. The molecule has 0 unspecified atom stereocenters. The lowest BCUT2D eigenvalue weighted by atomic mass is 10.1. The molecule has 1 aliphatic heterocycles. The van der Waals surface area contributed by atoms with Crippen molar-refractivity contribution in [3.8, 4) is 11.5 Å². The number of ether oxygens (including phenoxy) is 3. The van der Waals surface area contributed by atoms with E-state index in [0.717, 1.165) is 6.42 Å². The minimum atomic E-state index is -0.799. The molecule has 0 saturated carbocycles. The number of hydrogen-bond donors (Lipinski definition) is 1. The first kappa shape index (κ1) is 23.6. The average Bonchev–Trinajstić information content (AvgIpc) is 3.01. The van der Waals surface area contributed by atoms with Crippen LogP contribution in [-0.4, -0.2) is 43.1 Å². The maximum Gasteiger partial charge on any atom is 0.329 e. The van der Waals surface area contributed by atoms with Crippen LogP contribution < -0.4 is 14.8 Å². The quantitative estimate of drug-likeness (QED) is 0.546. The summed E-state index contributed by atoms with van der Waals surface area (Å²) in [6.45, 7) is 1.05. The van der Waals surface area contributed by atoms with Crippen molar-refractivity contribution in [2.45, 2.75) is 25.5 Å². The summed E-state index contributed by atoms with van der Waals surface area (Å²) in [6, 6.07) is 9.31. The van der Waals surface area contributed by atoms with Gasteiger partial charge >= 0.3 is 5.97 Å². The summed E-state index contributed by atoms with van der Waals surface area (Å²) < 4.78 is 16.8. The molecule has 1 aliphatic rings. The van der Waals surface area contributed by atoms with Crippen LogP contribution >= 0.6 is 35.0 Å². The predicted molar refractivity (Wildman–Crippen MR) is 123 cm³/mol. The Morgan fingerprint density at radius 2 is 1.94 bits per heavy atom. The summed E-state index contributed by atoms with van der Waals surface area (Å²) in [4.78, 5) is 25.3. The number of carbonyl (C=O) groups excluding carboxylic acids is 2. The van der Waals surface area contributed by atoms with E-state index in [4.69, 9.17) is 37.4 Å². The Morgan fingerprint density at radius 1 is 1.16 bits per heavy atom. The van der Waals surface area contributed by atoms with Gasteiger partial charge in [-0.1, -0.05) is 35.3 Å². The second kappa shape index (κ2) is 11.5. The van der Waals surface area contributed by atoms with Crippen LogP contribution in [0.1, 0.15) is 28.8 Å². The molecule has 1 atom stereocenters. The highest BCUT2D eigenvalue weighted by atomic mass is 35.5. The number of hydrogen-bond acceptors (Lipinski definition) is 6. The number of halogens is 2. The number of carbonyl (C=O) groups is 2. The molecule has 166 valence electrons. The second-order valence-corrected chi connectivity index (χ2v) is 8.65. The van der Waals surface area contributed by atoms with Crippen molar-refractivity contribution in [2.24, 2.45) is 0 Å². The highest BCUT2D eigenvalue weighted by Crippen LogP contribution is 2.38. The van der Waals surface area contributed by atoms with Crippen molar-refractivity contribution in [1.29, 1.82) is 0 Å². The van der Waals surface area contributed by atoms with E-state index in [1.54, 1.807) is 48.2 Å². The number of rotatable bonds is 8. The first-order valence-corrected chi connectivity index (χ1v) is 11.9. The lowest BCUT2D eigenvalue weighted by Gasteiger charge is -2.18. The Bertz CT molecular complexity index is 940. The van der Waals surface area contributed by atoms with E-state index in [1.165, 1.54) is 0 Å². The van der Waals surface area contributed by atoms with Crippen molar-refractivity contribution in [3.63, 3.8) is 0 Å². The van der Waals surface area contributed by atoms with Gasteiger partial charge in [0.15, 0.2) is 11.5 Å². The summed E-state index contributed by atoms with van der Waals surface area (Å²) >= 11 is 14.0. The Morgan fingerprint density at radius 3 is 2.71 bits per heavy atom. The van der Waals surface area contributed by atoms with Gasteiger partial charge in [0.25, 0.3) is 5.91 Å². The molecular formula is C22H23Cl2NO5S. The van der Waals surface area contributed by atoms with E-state index in [9.17, 15) is 9.59 Å². The van der Waals surface area contributed by atoms with Crippen LogP contribution in [0, 0.1) is 0 Å². The zero-order chi connectivity index (χ0) is 22.2. The molecule has 31 heavy (non-hydrogen) atoms. The van der Waals surface area contributed by atoms with Gasteiger partial charge in [-0.15, -0.1) is 0 Å². The van der Waals surface area contributed by atoms with Gasteiger partial charge < -0.3 is 19.5 Å². The third-order valence-corrected chi connectivity index (χ3v) is 5.82. The number of amides is 1. The van der Waals surface area contributed by atoms with Crippen LogP contribution in [0.5, 0.6) is 11.5 Å². The van der Waals surface area contributed by atoms with Gasteiger partial charge in [0.2, 0.25) is 0 Å². The van der Waals surface area contributed by atoms with Crippen molar-refractivity contribution >= 4 is 46.8 Å². The molecule has 0 aliphatic carbocycles. The zero-order valence-electron chi connectivity index (χ0n) is 17.0.